The number of ether oxygens (including phenoxy) is 1. The van der Waals surface area contributed by atoms with Gasteiger partial charge in [0.25, 0.3) is 11.5 Å². The highest BCUT2D eigenvalue weighted by molar-refractivity contribution is 5.92. The van der Waals surface area contributed by atoms with E-state index in [0.717, 1.165) is 17.7 Å². The van der Waals surface area contributed by atoms with E-state index in [4.69, 9.17) is 4.74 Å². The van der Waals surface area contributed by atoms with Crippen molar-refractivity contribution < 1.29 is 9.53 Å². The Kier molecular flexibility index (Phi) is 4.62. The van der Waals surface area contributed by atoms with E-state index < -0.39 is 0 Å². The van der Waals surface area contributed by atoms with E-state index in [1.165, 1.54) is 0 Å². The van der Waals surface area contributed by atoms with Crippen LogP contribution in [0.1, 0.15) is 21.7 Å². The molecular weight excluding hydrogens is 294 g/mol. The molecule has 2 aromatic heterocycles. The summed E-state index contributed by atoms with van der Waals surface area (Å²) in [5.74, 6) is 0.00796. The van der Waals surface area contributed by atoms with Gasteiger partial charge in [0.15, 0.2) is 0 Å². The quantitative estimate of drug-likeness (QED) is 0.917. The highest BCUT2D eigenvalue weighted by Gasteiger charge is 2.22. The van der Waals surface area contributed by atoms with Crippen LogP contribution in [0, 0.1) is 0 Å². The lowest BCUT2D eigenvalue weighted by molar-refractivity contribution is 0.0757. The minimum absolute atomic E-state index is 0.00796. The average molecular weight is 315 g/mol. The van der Waals surface area contributed by atoms with Crippen LogP contribution in [0.5, 0.6) is 0 Å². The number of fused-ring (bicyclic) bond motifs is 1. The van der Waals surface area contributed by atoms with Crippen molar-refractivity contribution in [3.63, 3.8) is 0 Å². The fourth-order valence-electron chi connectivity index (χ4n) is 3.06. The van der Waals surface area contributed by atoms with Gasteiger partial charge in [-0.1, -0.05) is 6.07 Å². The van der Waals surface area contributed by atoms with Crippen molar-refractivity contribution >= 4 is 5.91 Å². The van der Waals surface area contributed by atoms with Gasteiger partial charge in [0, 0.05) is 51.1 Å². The van der Waals surface area contributed by atoms with Crippen molar-refractivity contribution in [2.24, 2.45) is 0 Å². The molecule has 1 N–H and O–H groups in total. The number of carbonyl (C=O) groups is 1. The number of carbonyl (C=O) groups excluding carboxylic acids is 1. The first kappa shape index (κ1) is 15.6. The molecule has 1 amide bonds. The number of pyridine rings is 1. The maximum absolute atomic E-state index is 12.5. The number of aromatic nitrogens is 2. The van der Waals surface area contributed by atoms with Gasteiger partial charge in [0.05, 0.1) is 6.61 Å². The van der Waals surface area contributed by atoms with Crippen LogP contribution < -0.4 is 5.56 Å². The van der Waals surface area contributed by atoms with E-state index in [0.29, 0.717) is 38.4 Å². The predicted octanol–water partition coefficient (Wildman–Crippen LogP) is 1.06. The lowest BCUT2D eigenvalue weighted by Crippen LogP contribution is -2.33. The van der Waals surface area contributed by atoms with Crippen LogP contribution in [-0.4, -0.2) is 47.2 Å². The normalized spacial score (nSPS) is 14.4. The molecule has 0 aromatic carbocycles. The molecule has 0 saturated carbocycles. The molecule has 122 valence electrons. The smallest absolute Gasteiger partial charge is 0.270 e. The predicted molar refractivity (Wildman–Crippen MR) is 86.7 cm³/mol. The highest BCUT2D eigenvalue weighted by atomic mass is 16.5. The molecule has 3 heterocycles. The SMILES string of the molecule is COCCn1c2c(ccc1=O)CCN(C(=O)c1ccc[nH]1)CC2. The van der Waals surface area contributed by atoms with Crippen molar-refractivity contribution in [1.29, 1.82) is 0 Å². The maximum atomic E-state index is 12.5. The number of nitrogens with one attached hydrogen (secondary N) is 1. The van der Waals surface area contributed by atoms with Crippen LogP contribution in [-0.2, 0) is 24.1 Å². The Balaban J connectivity index is 1.82. The number of methoxy groups -OCH3 is 1. The third-order valence-corrected chi connectivity index (χ3v) is 4.29. The molecule has 1 aliphatic rings. The van der Waals surface area contributed by atoms with Crippen molar-refractivity contribution in [3.8, 4) is 0 Å². The molecule has 0 radical (unpaired) electrons. The monoisotopic (exact) mass is 315 g/mol. The zero-order valence-corrected chi connectivity index (χ0v) is 13.2. The molecule has 0 aliphatic carbocycles. The van der Waals surface area contributed by atoms with Gasteiger partial charge in [-0.2, -0.15) is 0 Å². The number of amides is 1. The second-order valence-corrected chi connectivity index (χ2v) is 5.66. The van der Waals surface area contributed by atoms with Gasteiger partial charge in [-0.15, -0.1) is 0 Å². The Morgan fingerprint density at radius 3 is 2.83 bits per heavy atom. The Morgan fingerprint density at radius 2 is 2.09 bits per heavy atom. The minimum atomic E-state index is -0.00931. The summed E-state index contributed by atoms with van der Waals surface area (Å²) in [6.45, 7) is 2.32. The number of H-pyrrole nitrogens is 1. The molecule has 0 atom stereocenters. The molecule has 1 aliphatic heterocycles. The summed E-state index contributed by atoms with van der Waals surface area (Å²) < 4.78 is 6.88. The summed E-state index contributed by atoms with van der Waals surface area (Å²) >= 11 is 0. The zero-order valence-electron chi connectivity index (χ0n) is 13.2. The topological polar surface area (TPSA) is 67.3 Å². The van der Waals surface area contributed by atoms with E-state index in [1.54, 1.807) is 30.0 Å². The molecule has 3 rings (SSSR count). The molecule has 23 heavy (non-hydrogen) atoms. The van der Waals surface area contributed by atoms with Crippen molar-refractivity contribution in [3.05, 3.63) is 57.8 Å². The van der Waals surface area contributed by atoms with Gasteiger partial charge in [-0.3, -0.25) is 9.59 Å². The maximum Gasteiger partial charge on any atom is 0.270 e. The van der Waals surface area contributed by atoms with Gasteiger partial charge in [-0.05, 0) is 24.1 Å². The van der Waals surface area contributed by atoms with Crippen molar-refractivity contribution in [2.75, 3.05) is 26.8 Å². The van der Waals surface area contributed by atoms with Crippen LogP contribution in [0.25, 0.3) is 0 Å². The average Bonchev–Trinajstić information content (AvgIpc) is 3.01. The van der Waals surface area contributed by atoms with Crippen LogP contribution in [0.15, 0.2) is 35.3 Å². The van der Waals surface area contributed by atoms with Crippen LogP contribution in [0.3, 0.4) is 0 Å². The van der Waals surface area contributed by atoms with Crippen molar-refractivity contribution in [1.82, 2.24) is 14.5 Å². The lowest BCUT2D eigenvalue weighted by atomic mass is 10.1. The summed E-state index contributed by atoms with van der Waals surface area (Å²) in [4.78, 5) is 29.4. The van der Waals surface area contributed by atoms with Gasteiger partial charge in [-0.25, -0.2) is 0 Å². The summed E-state index contributed by atoms with van der Waals surface area (Å²) in [5.41, 5.74) is 2.76. The fourth-order valence-corrected chi connectivity index (χ4v) is 3.06. The molecule has 2 aromatic rings. The summed E-state index contributed by atoms with van der Waals surface area (Å²) in [6, 6.07) is 7.11. The highest BCUT2D eigenvalue weighted by Crippen LogP contribution is 2.16. The molecule has 0 fully saturated rings. The molecular formula is C17H21N3O3. The number of aromatic amines is 1. The lowest BCUT2D eigenvalue weighted by Gasteiger charge is -2.19. The van der Waals surface area contributed by atoms with E-state index >= 15 is 0 Å². The number of rotatable bonds is 4. The first-order chi connectivity index (χ1) is 11.2. The van der Waals surface area contributed by atoms with Gasteiger partial charge in [0.2, 0.25) is 0 Å². The molecule has 6 heteroatoms. The van der Waals surface area contributed by atoms with Gasteiger partial charge in [0.1, 0.15) is 5.69 Å². The third-order valence-electron chi connectivity index (χ3n) is 4.29. The van der Waals surface area contributed by atoms with E-state index in [1.807, 2.05) is 17.0 Å². The van der Waals surface area contributed by atoms with E-state index in [2.05, 4.69) is 4.98 Å². The number of hydrogen-bond donors (Lipinski definition) is 1. The largest absolute Gasteiger partial charge is 0.383 e. The second kappa shape index (κ2) is 6.83. The van der Waals surface area contributed by atoms with E-state index in [-0.39, 0.29) is 11.5 Å². The summed E-state index contributed by atoms with van der Waals surface area (Å²) in [7, 11) is 1.63. The van der Waals surface area contributed by atoms with Crippen LogP contribution in [0.2, 0.25) is 0 Å². The van der Waals surface area contributed by atoms with Gasteiger partial charge >= 0.3 is 0 Å². The molecule has 0 saturated heterocycles. The minimum Gasteiger partial charge on any atom is -0.383 e. The van der Waals surface area contributed by atoms with Gasteiger partial charge < -0.3 is 19.2 Å². The molecule has 6 nitrogen and oxygen atoms in total. The van der Waals surface area contributed by atoms with Crippen LogP contribution in [0.4, 0.5) is 0 Å². The molecule has 0 unspecified atom stereocenters. The third kappa shape index (κ3) is 3.22. The zero-order chi connectivity index (χ0) is 16.2. The standard InChI is InChI=1S/C17H21N3O3/c1-23-12-11-20-15-7-10-19(17(22)14-3-2-8-18-14)9-6-13(15)4-5-16(20)21/h2-5,8,18H,6-7,9-12H2,1H3. The summed E-state index contributed by atoms with van der Waals surface area (Å²) in [5, 5.41) is 0. The Hall–Kier alpha value is -2.34. The number of hydrogen-bond acceptors (Lipinski definition) is 3. The van der Waals surface area contributed by atoms with Crippen LogP contribution >= 0.6 is 0 Å². The Morgan fingerprint density at radius 1 is 1.26 bits per heavy atom. The Bertz CT molecular complexity index is 734. The molecule has 0 spiro atoms. The summed E-state index contributed by atoms with van der Waals surface area (Å²) in [6.07, 6.45) is 3.19. The number of nitrogens with zero attached hydrogens (tertiary/aromatic N) is 2. The first-order valence-corrected chi connectivity index (χ1v) is 7.84. The fraction of sp³-hybridized carbons (Fsp3) is 0.412. The first-order valence-electron chi connectivity index (χ1n) is 7.84. The second-order valence-electron chi connectivity index (χ2n) is 5.66. The van der Waals surface area contributed by atoms with E-state index in [9.17, 15) is 9.59 Å². The van der Waals surface area contributed by atoms with Crippen molar-refractivity contribution in [2.45, 2.75) is 19.4 Å². The Labute approximate surface area is 134 Å². The molecule has 0 bridgehead atoms.